The Bertz CT molecular complexity index is 1570. The van der Waals surface area contributed by atoms with Gasteiger partial charge in [-0.3, -0.25) is 0 Å². The molecule has 0 aromatic heterocycles. The van der Waals surface area contributed by atoms with Crippen LogP contribution in [0.2, 0.25) is 0 Å². The Balaban J connectivity index is 1.94. The van der Waals surface area contributed by atoms with E-state index in [1.54, 1.807) is 0 Å². The molecule has 0 amide bonds. The smallest absolute Gasteiger partial charge is 0.0253 e. The molecule has 0 atom stereocenters. The minimum atomic E-state index is 1.13. The molecule has 6 aromatic carbocycles. The molecule has 0 N–H and O–H groups in total. The average molecular weight is 459 g/mol. The van der Waals surface area contributed by atoms with Gasteiger partial charge in [0.15, 0.2) is 0 Å². The van der Waals surface area contributed by atoms with Crippen LogP contribution < -0.4 is 0 Å². The van der Waals surface area contributed by atoms with Gasteiger partial charge in [-0.15, -0.1) is 0 Å². The van der Waals surface area contributed by atoms with E-state index in [0.29, 0.717) is 0 Å². The molecule has 6 aromatic rings. The van der Waals surface area contributed by atoms with E-state index in [4.69, 9.17) is 0 Å². The highest BCUT2D eigenvalue weighted by Gasteiger charge is 2.18. The van der Waals surface area contributed by atoms with Gasteiger partial charge in [-0.05, 0) is 60.6 Å². The number of benzene rings is 6. The van der Waals surface area contributed by atoms with Gasteiger partial charge in [0.25, 0.3) is 0 Å². The molecule has 0 fully saturated rings. The van der Waals surface area contributed by atoms with Crippen LogP contribution in [0.3, 0.4) is 0 Å². The summed E-state index contributed by atoms with van der Waals surface area (Å²) in [5.41, 5.74) is 5.09. The molecule has 0 spiro atoms. The van der Waals surface area contributed by atoms with Gasteiger partial charge in [0.1, 0.15) is 0 Å². The predicted molar refractivity (Wildman–Crippen MR) is 138 cm³/mol. The first kappa shape index (κ1) is 18.4. The van der Waals surface area contributed by atoms with Gasteiger partial charge in [0.05, 0.1) is 0 Å². The van der Waals surface area contributed by atoms with E-state index in [2.05, 4.69) is 131 Å². The topological polar surface area (TPSA) is 0 Å². The molecule has 0 aliphatic carbocycles. The van der Waals surface area contributed by atoms with Crippen LogP contribution in [0.25, 0.3) is 54.6 Å². The largest absolute Gasteiger partial charge is 0.0622 e. The Morgan fingerprint density at radius 1 is 0.355 bits per heavy atom. The van der Waals surface area contributed by atoms with Gasteiger partial charge >= 0.3 is 0 Å². The molecule has 0 radical (unpaired) electrons. The third-order valence-electron chi connectivity index (χ3n) is 6.12. The van der Waals surface area contributed by atoms with E-state index in [0.717, 1.165) is 4.47 Å². The van der Waals surface area contributed by atoms with Crippen molar-refractivity contribution in [3.05, 3.63) is 120 Å². The lowest BCUT2D eigenvalue weighted by molar-refractivity contribution is 1.65. The van der Waals surface area contributed by atoms with Crippen molar-refractivity contribution in [2.45, 2.75) is 0 Å². The van der Waals surface area contributed by atoms with Gasteiger partial charge in [-0.1, -0.05) is 125 Å². The second kappa shape index (κ2) is 7.37. The third kappa shape index (κ3) is 2.89. The fraction of sp³-hybridized carbons (Fsp3) is 0. The molecule has 0 saturated heterocycles. The van der Waals surface area contributed by atoms with Crippen LogP contribution >= 0.6 is 15.9 Å². The third-order valence-corrected chi connectivity index (χ3v) is 6.81. The van der Waals surface area contributed by atoms with Gasteiger partial charge < -0.3 is 0 Å². The lowest BCUT2D eigenvalue weighted by atomic mass is 9.84. The Hall–Kier alpha value is -3.42. The predicted octanol–water partition coefficient (Wildman–Crippen LogP) is 9.24. The number of rotatable bonds is 2. The minimum absolute atomic E-state index is 1.13. The van der Waals surface area contributed by atoms with Crippen LogP contribution in [0.5, 0.6) is 0 Å². The standard InChI is InChI=1S/C30H19Br/c31-27-17-9-16-23-22(27)18-19-26-28(20-10-3-1-4-11-20)24-14-7-8-15-25(24)29(30(23)26)21-12-5-2-6-13-21/h1-19H. The van der Waals surface area contributed by atoms with Crippen LogP contribution in [0, 0.1) is 0 Å². The fourth-order valence-corrected chi connectivity index (χ4v) is 5.31. The first-order chi connectivity index (χ1) is 15.3. The quantitative estimate of drug-likeness (QED) is 0.179. The zero-order chi connectivity index (χ0) is 20.8. The molecular formula is C30H19Br. The van der Waals surface area contributed by atoms with Crippen molar-refractivity contribution in [2.24, 2.45) is 0 Å². The lowest BCUT2D eigenvalue weighted by Crippen LogP contribution is -1.92. The lowest BCUT2D eigenvalue weighted by Gasteiger charge is -2.19. The fourth-order valence-electron chi connectivity index (χ4n) is 4.82. The maximum absolute atomic E-state index is 3.78. The first-order valence-electron chi connectivity index (χ1n) is 10.5. The molecule has 0 bridgehead atoms. The summed E-state index contributed by atoms with van der Waals surface area (Å²) in [5, 5.41) is 7.67. The van der Waals surface area contributed by atoms with Gasteiger partial charge in [-0.2, -0.15) is 0 Å². The van der Waals surface area contributed by atoms with E-state index in [1.807, 2.05) is 0 Å². The molecule has 31 heavy (non-hydrogen) atoms. The van der Waals surface area contributed by atoms with Crippen molar-refractivity contribution in [3.8, 4) is 22.3 Å². The molecule has 0 aliphatic heterocycles. The van der Waals surface area contributed by atoms with Crippen molar-refractivity contribution in [2.75, 3.05) is 0 Å². The second-order valence-corrected chi connectivity index (χ2v) is 8.71. The molecule has 1 heteroatoms. The maximum atomic E-state index is 3.78. The molecule has 0 heterocycles. The summed E-state index contributed by atoms with van der Waals surface area (Å²) in [7, 11) is 0. The van der Waals surface area contributed by atoms with Crippen LogP contribution in [-0.4, -0.2) is 0 Å². The monoisotopic (exact) mass is 458 g/mol. The molecule has 146 valence electrons. The summed E-state index contributed by atoms with van der Waals surface area (Å²) in [5.74, 6) is 0. The molecule has 0 aliphatic rings. The van der Waals surface area contributed by atoms with Crippen LogP contribution in [0.15, 0.2) is 120 Å². The van der Waals surface area contributed by atoms with Crippen molar-refractivity contribution in [1.82, 2.24) is 0 Å². The van der Waals surface area contributed by atoms with Gasteiger partial charge in [-0.25, -0.2) is 0 Å². The SMILES string of the molecule is Brc1cccc2c1ccc1c(-c3ccccc3)c3ccccc3c(-c3ccccc3)c12. The van der Waals surface area contributed by atoms with Crippen molar-refractivity contribution in [1.29, 1.82) is 0 Å². The number of hydrogen-bond acceptors (Lipinski definition) is 0. The summed E-state index contributed by atoms with van der Waals surface area (Å²) in [6.45, 7) is 0. The summed E-state index contributed by atoms with van der Waals surface area (Å²) >= 11 is 3.78. The summed E-state index contributed by atoms with van der Waals surface area (Å²) in [6.07, 6.45) is 0. The van der Waals surface area contributed by atoms with Crippen molar-refractivity contribution < 1.29 is 0 Å². The Morgan fingerprint density at radius 3 is 1.55 bits per heavy atom. The number of hydrogen-bond donors (Lipinski definition) is 0. The Kier molecular flexibility index (Phi) is 4.36. The Labute approximate surface area is 189 Å². The second-order valence-electron chi connectivity index (χ2n) is 7.85. The highest BCUT2D eigenvalue weighted by Crippen LogP contribution is 2.46. The maximum Gasteiger partial charge on any atom is 0.0253 e. The van der Waals surface area contributed by atoms with Crippen LogP contribution in [0.1, 0.15) is 0 Å². The normalized spacial score (nSPS) is 11.4. The number of halogens is 1. The van der Waals surface area contributed by atoms with E-state index in [1.165, 1.54) is 54.6 Å². The highest BCUT2D eigenvalue weighted by molar-refractivity contribution is 9.10. The molecule has 6 rings (SSSR count). The van der Waals surface area contributed by atoms with Gasteiger partial charge in [0.2, 0.25) is 0 Å². The molecule has 0 saturated carbocycles. The number of fused-ring (bicyclic) bond motifs is 4. The summed E-state index contributed by atoms with van der Waals surface area (Å²) in [4.78, 5) is 0. The van der Waals surface area contributed by atoms with Crippen molar-refractivity contribution >= 4 is 48.2 Å². The van der Waals surface area contributed by atoms with Crippen molar-refractivity contribution in [3.63, 3.8) is 0 Å². The van der Waals surface area contributed by atoms with E-state index in [9.17, 15) is 0 Å². The molecule has 0 nitrogen and oxygen atoms in total. The van der Waals surface area contributed by atoms with Gasteiger partial charge in [0, 0.05) is 4.47 Å². The zero-order valence-electron chi connectivity index (χ0n) is 16.8. The molecule has 0 unspecified atom stereocenters. The summed E-state index contributed by atoms with van der Waals surface area (Å²) in [6, 6.07) is 41.4. The first-order valence-corrected chi connectivity index (χ1v) is 11.3. The molecular weight excluding hydrogens is 440 g/mol. The van der Waals surface area contributed by atoms with E-state index in [-0.39, 0.29) is 0 Å². The zero-order valence-corrected chi connectivity index (χ0v) is 18.4. The van der Waals surface area contributed by atoms with E-state index >= 15 is 0 Å². The summed E-state index contributed by atoms with van der Waals surface area (Å²) < 4.78 is 1.13. The highest BCUT2D eigenvalue weighted by atomic mass is 79.9. The van der Waals surface area contributed by atoms with E-state index < -0.39 is 0 Å². The van der Waals surface area contributed by atoms with Crippen LogP contribution in [0.4, 0.5) is 0 Å². The van der Waals surface area contributed by atoms with Crippen LogP contribution in [-0.2, 0) is 0 Å². The Morgan fingerprint density at radius 2 is 0.871 bits per heavy atom. The minimum Gasteiger partial charge on any atom is -0.0622 e. The average Bonchev–Trinajstić information content (AvgIpc) is 2.83.